The van der Waals surface area contributed by atoms with E-state index in [-0.39, 0.29) is 10.5 Å². The highest BCUT2D eigenvalue weighted by Crippen LogP contribution is 2.22. The Morgan fingerprint density at radius 2 is 1.81 bits per heavy atom. The third-order valence-electron chi connectivity index (χ3n) is 4.03. The van der Waals surface area contributed by atoms with Gasteiger partial charge >= 0.3 is 0 Å². The second kappa shape index (κ2) is 6.44. The summed E-state index contributed by atoms with van der Waals surface area (Å²) >= 11 is 0. The lowest BCUT2D eigenvalue weighted by Gasteiger charge is -2.10. The van der Waals surface area contributed by atoms with E-state index in [0.29, 0.717) is 17.0 Å². The highest BCUT2D eigenvalue weighted by Gasteiger charge is 2.15. The first-order valence-corrected chi connectivity index (χ1v) is 9.47. The fraction of sp³-hybridized carbons (Fsp3) is 0.0556. The maximum Gasteiger partial charge on any atom is 0.261 e. The molecule has 0 saturated carbocycles. The monoisotopic (exact) mass is 383 g/mol. The average Bonchev–Trinajstić information content (AvgIpc) is 3.12. The lowest BCUT2D eigenvalue weighted by atomic mass is 10.1. The minimum atomic E-state index is -3.80. The van der Waals surface area contributed by atoms with Crippen LogP contribution < -0.4 is 4.72 Å². The average molecular weight is 383 g/mol. The number of aryl methyl sites for hydroxylation is 1. The molecule has 2 aromatic heterocycles. The van der Waals surface area contributed by atoms with Crippen molar-refractivity contribution in [2.24, 2.45) is 0 Å². The van der Waals surface area contributed by atoms with E-state index in [1.54, 1.807) is 34.8 Å². The molecule has 7 nitrogen and oxygen atoms in total. The maximum atomic E-state index is 13.4. The number of hydrogen-bond donors (Lipinski definition) is 1. The van der Waals surface area contributed by atoms with Crippen LogP contribution >= 0.6 is 0 Å². The van der Waals surface area contributed by atoms with Gasteiger partial charge in [-0.05, 0) is 55.0 Å². The molecule has 0 radical (unpaired) electrons. The van der Waals surface area contributed by atoms with E-state index in [1.165, 1.54) is 25.4 Å². The lowest BCUT2D eigenvalue weighted by Crippen LogP contribution is -2.13. The predicted octanol–water partition coefficient (Wildman–Crippen LogP) is 3.04. The SMILES string of the molecule is Cc1cc(S(=O)(=O)Nc2ccc(-c3ccc4nncn4n3)cc2)ccc1F. The molecule has 0 spiro atoms. The molecule has 2 heterocycles. The molecule has 27 heavy (non-hydrogen) atoms. The van der Waals surface area contributed by atoms with E-state index < -0.39 is 15.8 Å². The van der Waals surface area contributed by atoms with Crippen LogP contribution in [0, 0.1) is 12.7 Å². The smallest absolute Gasteiger partial charge is 0.261 e. The van der Waals surface area contributed by atoms with Crippen LogP contribution in [0.3, 0.4) is 0 Å². The number of rotatable bonds is 4. The van der Waals surface area contributed by atoms with Crippen molar-refractivity contribution in [3.05, 3.63) is 72.3 Å². The number of aromatic nitrogens is 4. The van der Waals surface area contributed by atoms with Gasteiger partial charge in [0.25, 0.3) is 10.0 Å². The topological polar surface area (TPSA) is 89.2 Å². The van der Waals surface area contributed by atoms with Crippen LogP contribution in [0.1, 0.15) is 5.56 Å². The fourth-order valence-corrected chi connectivity index (χ4v) is 3.73. The molecule has 0 unspecified atom stereocenters. The Kier molecular flexibility index (Phi) is 4.08. The van der Waals surface area contributed by atoms with Crippen molar-refractivity contribution in [1.29, 1.82) is 0 Å². The van der Waals surface area contributed by atoms with E-state index in [1.807, 2.05) is 6.07 Å². The van der Waals surface area contributed by atoms with Crippen molar-refractivity contribution in [3.8, 4) is 11.3 Å². The van der Waals surface area contributed by atoms with Crippen LogP contribution in [0.15, 0.2) is 65.8 Å². The molecule has 2 aromatic carbocycles. The van der Waals surface area contributed by atoms with E-state index in [9.17, 15) is 12.8 Å². The van der Waals surface area contributed by atoms with Gasteiger partial charge in [-0.25, -0.2) is 12.8 Å². The first-order valence-electron chi connectivity index (χ1n) is 7.99. The number of benzene rings is 2. The molecule has 0 aliphatic rings. The third kappa shape index (κ3) is 3.36. The Labute approximate surface area is 154 Å². The number of halogens is 1. The Morgan fingerprint density at radius 3 is 2.56 bits per heavy atom. The summed E-state index contributed by atoms with van der Waals surface area (Å²) in [7, 11) is -3.80. The predicted molar refractivity (Wildman–Crippen MR) is 98.2 cm³/mol. The van der Waals surface area contributed by atoms with Gasteiger partial charge in [0, 0.05) is 11.3 Å². The van der Waals surface area contributed by atoms with Gasteiger partial charge in [-0.2, -0.15) is 9.61 Å². The number of sulfonamides is 1. The first-order chi connectivity index (χ1) is 12.9. The molecule has 0 aliphatic carbocycles. The van der Waals surface area contributed by atoms with Crippen LogP contribution in [0.25, 0.3) is 16.9 Å². The van der Waals surface area contributed by atoms with E-state index in [0.717, 1.165) is 11.6 Å². The molecule has 4 rings (SSSR count). The number of nitrogens with zero attached hydrogens (tertiary/aromatic N) is 4. The van der Waals surface area contributed by atoms with Crippen molar-refractivity contribution >= 4 is 21.4 Å². The fourth-order valence-electron chi connectivity index (χ4n) is 2.59. The van der Waals surface area contributed by atoms with Gasteiger partial charge in [0.05, 0.1) is 10.6 Å². The van der Waals surface area contributed by atoms with Crippen molar-refractivity contribution in [1.82, 2.24) is 19.8 Å². The van der Waals surface area contributed by atoms with Gasteiger partial charge in [-0.1, -0.05) is 12.1 Å². The minimum Gasteiger partial charge on any atom is -0.280 e. The number of fused-ring (bicyclic) bond motifs is 1. The highest BCUT2D eigenvalue weighted by atomic mass is 32.2. The molecular weight excluding hydrogens is 369 g/mol. The molecule has 0 aliphatic heterocycles. The summed E-state index contributed by atoms with van der Waals surface area (Å²) < 4.78 is 42.4. The Hall–Kier alpha value is -3.33. The lowest BCUT2D eigenvalue weighted by molar-refractivity contribution is 0.598. The number of anilines is 1. The van der Waals surface area contributed by atoms with E-state index in [2.05, 4.69) is 20.0 Å². The van der Waals surface area contributed by atoms with Gasteiger partial charge in [-0.3, -0.25) is 4.72 Å². The molecule has 4 aromatic rings. The molecule has 0 saturated heterocycles. The maximum absolute atomic E-state index is 13.4. The summed E-state index contributed by atoms with van der Waals surface area (Å²) in [6, 6.07) is 14.1. The number of nitrogens with one attached hydrogen (secondary N) is 1. The number of hydrogen-bond acceptors (Lipinski definition) is 5. The summed E-state index contributed by atoms with van der Waals surface area (Å²) in [6.45, 7) is 1.52. The summed E-state index contributed by atoms with van der Waals surface area (Å²) in [4.78, 5) is 0.00482. The van der Waals surface area contributed by atoms with Gasteiger partial charge in [-0.15, -0.1) is 10.2 Å². The molecule has 1 N–H and O–H groups in total. The van der Waals surface area contributed by atoms with Crippen LogP contribution in [-0.2, 0) is 10.0 Å². The van der Waals surface area contributed by atoms with Crippen LogP contribution in [0.5, 0.6) is 0 Å². The second-order valence-electron chi connectivity index (χ2n) is 5.95. The normalized spacial score (nSPS) is 11.6. The Morgan fingerprint density at radius 1 is 1.04 bits per heavy atom. The first kappa shape index (κ1) is 17.1. The van der Waals surface area contributed by atoms with E-state index in [4.69, 9.17) is 0 Å². The zero-order chi connectivity index (χ0) is 19.0. The Bertz CT molecular complexity index is 1240. The van der Waals surface area contributed by atoms with Crippen LogP contribution in [0.4, 0.5) is 10.1 Å². The van der Waals surface area contributed by atoms with Gasteiger partial charge in [0.15, 0.2) is 5.65 Å². The Balaban J connectivity index is 1.59. The largest absolute Gasteiger partial charge is 0.280 e. The van der Waals surface area contributed by atoms with Crippen molar-refractivity contribution in [2.45, 2.75) is 11.8 Å². The van der Waals surface area contributed by atoms with Crippen LogP contribution in [0.2, 0.25) is 0 Å². The van der Waals surface area contributed by atoms with Crippen molar-refractivity contribution < 1.29 is 12.8 Å². The zero-order valence-electron chi connectivity index (χ0n) is 14.2. The summed E-state index contributed by atoms with van der Waals surface area (Å²) in [5, 5.41) is 12.1. The van der Waals surface area contributed by atoms with Crippen molar-refractivity contribution in [2.75, 3.05) is 4.72 Å². The second-order valence-corrected chi connectivity index (χ2v) is 7.63. The van der Waals surface area contributed by atoms with Gasteiger partial charge < -0.3 is 0 Å². The summed E-state index contributed by atoms with van der Waals surface area (Å²) in [5.41, 5.74) is 2.81. The van der Waals surface area contributed by atoms with Gasteiger partial charge in [0.1, 0.15) is 12.1 Å². The van der Waals surface area contributed by atoms with Gasteiger partial charge in [0.2, 0.25) is 0 Å². The molecule has 0 fully saturated rings. The molecule has 136 valence electrons. The van der Waals surface area contributed by atoms with Crippen LogP contribution in [-0.4, -0.2) is 28.2 Å². The molecule has 9 heteroatoms. The minimum absolute atomic E-state index is 0.00482. The molecule has 0 amide bonds. The zero-order valence-corrected chi connectivity index (χ0v) is 15.0. The highest BCUT2D eigenvalue weighted by molar-refractivity contribution is 7.92. The quantitative estimate of drug-likeness (QED) is 0.585. The summed E-state index contributed by atoms with van der Waals surface area (Å²) in [5.74, 6) is -0.448. The van der Waals surface area contributed by atoms with Crippen molar-refractivity contribution in [3.63, 3.8) is 0 Å². The van der Waals surface area contributed by atoms with E-state index >= 15 is 0 Å². The molecule has 0 bridgehead atoms. The third-order valence-corrected chi connectivity index (χ3v) is 5.41. The molecular formula is C18H14FN5O2S. The standard InChI is InChI=1S/C18H14FN5O2S/c1-12-10-15(6-7-16(12)19)27(25,26)23-14-4-2-13(3-5-14)17-8-9-18-21-20-11-24(18)22-17/h2-11,23H,1H3. The molecule has 0 atom stereocenters. The summed E-state index contributed by atoms with van der Waals surface area (Å²) in [6.07, 6.45) is 1.51.